The van der Waals surface area contributed by atoms with Crippen molar-refractivity contribution in [3.63, 3.8) is 0 Å². The van der Waals surface area contributed by atoms with Gasteiger partial charge in [-0.15, -0.1) is 0 Å². The van der Waals surface area contributed by atoms with E-state index in [-0.39, 0.29) is 6.54 Å². The second kappa shape index (κ2) is 9.44. The first kappa shape index (κ1) is 20.1. The number of ether oxygens (including phenoxy) is 2. The average Bonchev–Trinajstić information content (AvgIpc) is 2.68. The molecule has 0 saturated heterocycles. The molecule has 0 aliphatic heterocycles. The lowest BCUT2D eigenvalue weighted by atomic mass is 10.1. The van der Waals surface area contributed by atoms with Crippen molar-refractivity contribution in [1.29, 1.82) is 0 Å². The normalized spacial score (nSPS) is 11.4. The Balaban J connectivity index is 1.91. The van der Waals surface area contributed by atoms with E-state index in [2.05, 4.69) is 15.4 Å². The highest BCUT2D eigenvalue weighted by molar-refractivity contribution is 6.39. The lowest BCUT2D eigenvalue weighted by Crippen LogP contribution is -2.38. The number of amides is 2. The molecule has 1 atom stereocenters. The molecule has 27 heavy (non-hydrogen) atoms. The molecular formula is C19H19FN2O5. The van der Waals surface area contributed by atoms with E-state index in [0.29, 0.717) is 16.8 Å². The monoisotopic (exact) mass is 374 g/mol. The third-order valence-electron chi connectivity index (χ3n) is 3.72. The van der Waals surface area contributed by atoms with E-state index in [1.165, 1.54) is 56.7 Å². The fourth-order valence-corrected chi connectivity index (χ4v) is 2.31. The Morgan fingerprint density at radius 1 is 1.04 bits per heavy atom. The molecule has 8 heteroatoms. The second-order valence-corrected chi connectivity index (χ2v) is 5.51. The number of methoxy groups -OCH3 is 2. The van der Waals surface area contributed by atoms with Crippen LogP contribution >= 0.6 is 0 Å². The highest BCUT2D eigenvalue weighted by atomic mass is 19.1. The molecule has 0 bridgehead atoms. The molecule has 7 nitrogen and oxygen atoms in total. The second-order valence-electron chi connectivity index (χ2n) is 5.51. The van der Waals surface area contributed by atoms with Crippen LogP contribution in [-0.2, 0) is 19.1 Å². The zero-order chi connectivity index (χ0) is 19.8. The van der Waals surface area contributed by atoms with Gasteiger partial charge >= 0.3 is 17.8 Å². The van der Waals surface area contributed by atoms with Crippen LogP contribution in [0, 0.1) is 5.82 Å². The molecule has 0 aliphatic carbocycles. The lowest BCUT2D eigenvalue weighted by molar-refractivity contribution is -0.136. The van der Waals surface area contributed by atoms with Crippen LogP contribution < -0.4 is 10.6 Å². The van der Waals surface area contributed by atoms with E-state index in [0.717, 1.165) is 0 Å². The van der Waals surface area contributed by atoms with Gasteiger partial charge < -0.3 is 20.1 Å². The number of esters is 1. The number of benzene rings is 2. The quantitative estimate of drug-likeness (QED) is 0.596. The van der Waals surface area contributed by atoms with Gasteiger partial charge in [0, 0.05) is 19.3 Å². The molecule has 2 amide bonds. The fourth-order valence-electron chi connectivity index (χ4n) is 2.31. The number of halogens is 1. The Hall–Kier alpha value is -3.26. The molecule has 0 radical (unpaired) electrons. The van der Waals surface area contributed by atoms with Crippen molar-refractivity contribution in [3.05, 3.63) is 65.5 Å². The minimum absolute atomic E-state index is 0.00646. The number of nitrogens with one attached hydrogen (secondary N) is 2. The van der Waals surface area contributed by atoms with E-state index in [4.69, 9.17) is 4.74 Å². The third-order valence-corrected chi connectivity index (χ3v) is 3.72. The molecule has 2 aromatic carbocycles. The Bertz CT molecular complexity index is 823. The van der Waals surface area contributed by atoms with E-state index >= 15 is 0 Å². The molecule has 142 valence electrons. The van der Waals surface area contributed by atoms with Crippen molar-refractivity contribution < 1.29 is 28.2 Å². The topological polar surface area (TPSA) is 93.7 Å². The number of hydrogen-bond acceptors (Lipinski definition) is 5. The SMILES string of the molecule is COC(=O)c1ccc(NC(=O)C(=O)NC[C@H](OC)c2cccc(F)c2)cc1. The van der Waals surface area contributed by atoms with Gasteiger partial charge in [-0.25, -0.2) is 9.18 Å². The number of carbonyl (C=O) groups excluding carboxylic acids is 3. The van der Waals surface area contributed by atoms with Crippen molar-refractivity contribution in [2.24, 2.45) is 0 Å². The Morgan fingerprint density at radius 3 is 2.33 bits per heavy atom. The molecule has 0 fully saturated rings. The summed E-state index contributed by atoms with van der Waals surface area (Å²) >= 11 is 0. The van der Waals surface area contributed by atoms with Crippen LogP contribution in [0.3, 0.4) is 0 Å². The van der Waals surface area contributed by atoms with E-state index < -0.39 is 29.7 Å². The van der Waals surface area contributed by atoms with Crippen LogP contribution in [-0.4, -0.2) is 38.5 Å². The standard InChI is InChI=1S/C19H19FN2O5/c1-26-16(13-4-3-5-14(20)10-13)11-21-17(23)18(24)22-15-8-6-12(7-9-15)19(25)27-2/h3-10,16H,11H2,1-2H3,(H,21,23)(H,22,24)/t16-/m0/s1. The van der Waals surface area contributed by atoms with Crippen LogP contribution in [0.4, 0.5) is 10.1 Å². The van der Waals surface area contributed by atoms with Gasteiger partial charge in [0.15, 0.2) is 0 Å². The zero-order valence-corrected chi connectivity index (χ0v) is 14.8. The van der Waals surface area contributed by atoms with Gasteiger partial charge in [-0.1, -0.05) is 12.1 Å². The summed E-state index contributed by atoms with van der Waals surface area (Å²) in [5, 5.41) is 4.85. The number of hydrogen-bond donors (Lipinski definition) is 2. The summed E-state index contributed by atoms with van der Waals surface area (Å²) in [6.45, 7) is -0.00646. The maximum atomic E-state index is 13.3. The first-order valence-corrected chi connectivity index (χ1v) is 8.00. The first-order valence-electron chi connectivity index (χ1n) is 8.00. The van der Waals surface area contributed by atoms with Crippen LogP contribution in [0.15, 0.2) is 48.5 Å². The summed E-state index contributed by atoms with van der Waals surface area (Å²) in [5.41, 5.74) is 1.20. The Kier molecular flexibility index (Phi) is 7.01. The molecule has 0 aromatic heterocycles. The predicted molar refractivity (Wildman–Crippen MR) is 95.6 cm³/mol. The van der Waals surface area contributed by atoms with E-state index in [1.807, 2.05) is 0 Å². The first-order chi connectivity index (χ1) is 12.9. The summed E-state index contributed by atoms with van der Waals surface area (Å²) in [5.74, 6) is -2.68. The van der Waals surface area contributed by atoms with Gasteiger partial charge in [0.1, 0.15) is 5.82 Å². The smallest absolute Gasteiger partial charge is 0.337 e. The average molecular weight is 374 g/mol. The molecule has 0 heterocycles. The van der Waals surface area contributed by atoms with Crippen molar-refractivity contribution in [3.8, 4) is 0 Å². The van der Waals surface area contributed by atoms with Crippen LogP contribution in [0.2, 0.25) is 0 Å². The van der Waals surface area contributed by atoms with Crippen molar-refractivity contribution >= 4 is 23.5 Å². The number of rotatable bonds is 6. The predicted octanol–water partition coefficient (Wildman–Crippen LogP) is 2.05. The molecule has 2 aromatic rings. The van der Waals surface area contributed by atoms with Crippen LogP contribution in [0.25, 0.3) is 0 Å². The summed E-state index contributed by atoms with van der Waals surface area (Å²) in [6, 6.07) is 11.7. The summed E-state index contributed by atoms with van der Waals surface area (Å²) in [4.78, 5) is 35.3. The van der Waals surface area contributed by atoms with Crippen molar-refractivity contribution in [2.75, 3.05) is 26.1 Å². The van der Waals surface area contributed by atoms with Gasteiger partial charge in [0.2, 0.25) is 0 Å². The summed E-state index contributed by atoms with van der Waals surface area (Å²) in [7, 11) is 2.68. The maximum Gasteiger partial charge on any atom is 0.337 e. The van der Waals surface area contributed by atoms with Crippen molar-refractivity contribution in [1.82, 2.24) is 5.32 Å². The summed E-state index contributed by atoms with van der Waals surface area (Å²) in [6.07, 6.45) is -0.600. The highest BCUT2D eigenvalue weighted by Gasteiger charge is 2.18. The maximum absolute atomic E-state index is 13.3. The van der Waals surface area contributed by atoms with Crippen LogP contribution in [0.5, 0.6) is 0 Å². The van der Waals surface area contributed by atoms with Gasteiger partial charge in [0.05, 0.1) is 18.8 Å². The number of anilines is 1. The lowest BCUT2D eigenvalue weighted by Gasteiger charge is -2.16. The molecule has 2 rings (SSSR count). The molecule has 0 saturated carbocycles. The van der Waals surface area contributed by atoms with E-state index in [1.54, 1.807) is 6.07 Å². The molecule has 0 aliphatic rings. The highest BCUT2D eigenvalue weighted by Crippen LogP contribution is 2.16. The number of carbonyl (C=O) groups is 3. The zero-order valence-electron chi connectivity index (χ0n) is 14.8. The van der Waals surface area contributed by atoms with Gasteiger partial charge in [-0.05, 0) is 42.0 Å². The fraction of sp³-hybridized carbons (Fsp3) is 0.211. The van der Waals surface area contributed by atoms with Crippen molar-refractivity contribution in [2.45, 2.75) is 6.10 Å². The third kappa shape index (κ3) is 5.61. The Labute approximate surface area is 155 Å². The molecule has 0 spiro atoms. The Morgan fingerprint density at radius 2 is 1.74 bits per heavy atom. The molecular weight excluding hydrogens is 355 g/mol. The molecule has 2 N–H and O–H groups in total. The minimum Gasteiger partial charge on any atom is -0.465 e. The minimum atomic E-state index is -0.880. The van der Waals surface area contributed by atoms with Crippen LogP contribution in [0.1, 0.15) is 22.0 Å². The van der Waals surface area contributed by atoms with Gasteiger partial charge in [-0.3, -0.25) is 9.59 Å². The van der Waals surface area contributed by atoms with Gasteiger partial charge in [-0.2, -0.15) is 0 Å². The van der Waals surface area contributed by atoms with Gasteiger partial charge in [0.25, 0.3) is 0 Å². The molecule has 0 unspecified atom stereocenters. The van der Waals surface area contributed by atoms with E-state index in [9.17, 15) is 18.8 Å². The summed E-state index contributed by atoms with van der Waals surface area (Å²) < 4.78 is 23.1. The largest absolute Gasteiger partial charge is 0.465 e.